The zero-order valence-corrected chi connectivity index (χ0v) is 11.4. The Kier molecular flexibility index (Phi) is 4.92. The van der Waals surface area contributed by atoms with Crippen molar-refractivity contribution in [2.45, 2.75) is 19.6 Å². The van der Waals surface area contributed by atoms with Crippen LogP contribution < -0.4 is 10.2 Å². The van der Waals surface area contributed by atoms with Gasteiger partial charge in [-0.15, -0.1) is 0 Å². The van der Waals surface area contributed by atoms with Crippen LogP contribution in [0, 0.1) is 5.82 Å². The third-order valence-electron chi connectivity index (χ3n) is 3.30. The van der Waals surface area contributed by atoms with Crippen LogP contribution in [0.25, 0.3) is 0 Å². The van der Waals surface area contributed by atoms with E-state index in [9.17, 15) is 14.3 Å². The van der Waals surface area contributed by atoms with Gasteiger partial charge < -0.3 is 20.1 Å². The molecule has 0 radical (unpaired) electrons. The maximum atomic E-state index is 13.2. The van der Waals surface area contributed by atoms with Crippen molar-refractivity contribution in [3.63, 3.8) is 0 Å². The first kappa shape index (κ1) is 14.7. The Balaban J connectivity index is 2.30. The number of benzene rings is 1. The Hall–Kier alpha value is -1.66. The number of amides is 1. The number of aliphatic hydroxyl groups is 1. The van der Waals surface area contributed by atoms with Gasteiger partial charge in [-0.25, -0.2) is 4.39 Å². The Labute approximate surface area is 117 Å². The fourth-order valence-electron chi connectivity index (χ4n) is 2.36. The molecule has 6 heteroatoms. The van der Waals surface area contributed by atoms with E-state index in [4.69, 9.17) is 4.74 Å². The maximum Gasteiger partial charge on any atom is 0.245 e. The zero-order valence-electron chi connectivity index (χ0n) is 11.4. The summed E-state index contributed by atoms with van der Waals surface area (Å²) < 4.78 is 18.6. The number of hydrogen-bond acceptors (Lipinski definition) is 4. The van der Waals surface area contributed by atoms with Crippen LogP contribution >= 0.6 is 0 Å². The van der Waals surface area contributed by atoms with Crippen molar-refractivity contribution >= 4 is 11.6 Å². The minimum absolute atomic E-state index is 0.125. The molecule has 2 rings (SSSR count). The number of hydrogen-bond donors (Lipinski definition) is 2. The molecule has 1 aliphatic heterocycles. The second-order valence-electron chi connectivity index (χ2n) is 4.61. The monoisotopic (exact) mass is 282 g/mol. The molecule has 110 valence electrons. The van der Waals surface area contributed by atoms with Crippen molar-refractivity contribution in [2.24, 2.45) is 0 Å². The van der Waals surface area contributed by atoms with Gasteiger partial charge in [-0.2, -0.15) is 0 Å². The minimum Gasteiger partial charge on any atom is -0.392 e. The predicted molar refractivity (Wildman–Crippen MR) is 73.0 cm³/mol. The molecular formula is C14H19FN2O3. The van der Waals surface area contributed by atoms with E-state index < -0.39 is 11.9 Å². The molecule has 1 fully saturated rings. The average molecular weight is 282 g/mol. The number of anilines is 1. The summed E-state index contributed by atoms with van der Waals surface area (Å²) in [5, 5.41) is 12.1. The lowest BCUT2D eigenvalue weighted by atomic mass is 10.1. The molecule has 2 N–H and O–H groups in total. The van der Waals surface area contributed by atoms with Crippen LogP contribution in [-0.2, 0) is 16.1 Å². The van der Waals surface area contributed by atoms with E-state index in [1.807, 2.05) is 11.8 Å². The van der Waals surface area contributed by atoms with Gasteiger partial charge in [0.1, 0.15) is 11.9 Å². The highest BCUT2D eigenvalue weighted by atomic mass is 19.1. The first-order valence-corrected chi connectivity index (χ1v) is 6.68. The van der Waals surface area contributed by atoms with Gasteiger partial charge in [0.15, 0.2) is 0 Å². The van der Waals surface area contributed by atoms with Crippen molar-refractivity contribution in [1.82, 2.24) is 5.32 Å². The van der Waals surface area contributed by atoms with E-state index in [0.29, 0.717) is 30.9 Å². The smallest absolute Gasteiger partial charge is 0.245 e. The van der Waals surface area contributed by atoms with Gasteiger partial charge in [0.25, 0.3) is 0 Å². The summed E-state index contributed by atoms with van der Waals surface area (Å²) in [6.45, 7) is 3.43. The molecule has 0 aliphatic carbocycles. The second-order valence-corrected chi connectivity index (χ2v) is 4.61. The number of morpholine rings is 1. The molecule has 20 heavy (non-hydrogen) atoms. The normalized spacial score (nSPS) is 18.9. The van der Waals surface area contributed by atoms with Crippen molar-refractivity contribution in [3.8, 4) is 0 Å². The summed E-state index contributed by atoms with van der Waals surface area (Å²) in [6, 6.07) is 3.76. The van der Waals surface area contributed by atoms with Gasteiger partial charge in [0.05, 0.1) is 19.8 Å². The summed E-state index contributed by atoms with van der Waals surface area (Å²) in [6.07, 6.45) is 0. The van der Waals surface area contributed by atoms with Crippen molar-refractivity contribution < 1.29 is 19.0 Å². The molecule has 1 saturated heterocycles. The second kappa shape index (κ2) is 6.67. The first-order chi connectivity index (χ1) is 9.67. The Morgan fingerprint density at radius 1 is 1.60 bits per heavy atom. The molecular weight excluding hydrogens is 263 g/mol. The molecule has 1 atom stereocenters. The number of ether oxygens (including phenoxy) is 1. The third-order valence-corrected chi connectivity index (χ3v) is 3.30. The first-order valence-electron chi connectivity index (χ1n) is 6.68. The molecule has 1 aliphatic rings. The van der Waals surface area contributed by atoms with Gasteiger partial charge in [-0.1, -0.05) is 0 Å². The number of halogens is 1. The van der Waals surface area contributed by atoms with Crippen molar-refractivity contribution in [2.75, 3.05) is 31.2 Å². The Morgan fingerprint density at radius 3 is 3.10 bits per heavy atom. The van der Waals surface area contributed by atoms with Gasteiger partial charge in [-0.3, -0.25) is 4.79 Å². The zero-order chi connectivity index (χ0) is 14.5. The largest absolute Gasteiger partial charge is 0.392 e. The molecule has 5 nitrogen and oxygen atoms in total. The summed E-state index contributed by atoms with van der Waals surface area (Å²) in [7, 11) is 0. The molecule has 1 amide bonds. The van der Waals surface area contributed by atoms with Crippen LogP contribution in [0.2, 0.25) is 0 Å². The fraction of sp³-hybridized carbons (Fsp3) is 0.500. The molecule has 1 unspecified atom stereocenters. The van der Waals surface area contributed by atoms with Gasteiger partial charge in [-0.05, 0) is 25.1 Å². The number of aliphatic hydroxyl groups excluding tert-OH is 1. The third kappa shape index (κ3) is 3.08. The van der Waals surface area contributed by atoms with Crippen LogP contribution in [0.3, 0.4) is 0 Å². The lowest BCUT2D eigenvalue weighted by Crippen LogP contribution is -2.54. The van der Waals surface area contributed by atoms with Crippen LogP contribution in [0.15, 0.2) is 18.2 Å². The number of nitrogens with one attached hydrogen (secondary N) is 1. The van der Waals surface area contributed by atoms with Gasteiger partial charge >= 0.3 is 0 Å². The Bertz CT molecular complexity index is 481. The summed E-state index contributed by atoms with van der Waals surface area (Å²) in [5.74, 6) is -0.527. The fourth-order valence-corrected chi connectivity index (χ4v) is 2.36. The quantitative estimate of drug-likeness (QED) is 0.851. The van der Waals surface area contributed by atoms with Gasteiger partial charge in [0, 0.05) is 24.3 Å². The lowest BCUT2D eigenvalue weighted by Gasteiger charge is -2.37. The van der Waals surface area contributed by atoms with Crippen LogP contribution in [0.5, 0.6) is 0 Å². The SMILES string of the molecule is CCNC(=O)C1COCCN1c1ccc(F)cc1CO. The van der Waals surface area contributed by atoms with E-state index in [0.717, 1.165) is 0 Å². The lowest BCUT2D eigenvalue weighted by molar-refractivity contribution is -0.124. The number of likely N-dealkylation sites (N-methyl/N-ethyl adjacent to an activating group) is 1. The van der Waals surface area contributed by atoms with Crippen LogP contribution in [-0.4, -0.2) is 43.4 Å². The van der Waals surface area contributed by atoms with E-state index in [1.54, 1.807) is 6.07 Å². The number of carbonyl (C=O) groups is 1. The van der Waals surface area contributed by atoms with Crippen molar-refractivity contribution in [3.05, 3.63) is 29.6 Å². The highest BCUT2D eigenvalue weighted by Crippen LogP contribution is 2.25. The molecule has 1 aromatic carbocycles. The summed E-state index contributed by atoms with van der Waals surface area (Å²) in [4.78, 5) is 13.9. The number of carbonyl (C=O) groups excluding carboxylic acids is 1. The molecule has 0 spiro atoms. The summed E-state index contributed by atoms with van der Waals surface area (Å²) >= 11 is 0. The van der Waals surface area contributed by atoms with E-state index in [1.165, 1.54) is 12.1 Å². The van der Waals surface area contributed by atoms with E-state index >= 15 is 0 Å². The van der Waals surface area contributed by atoms with Crippen molar-refractivity contribution in [1.29, 1.82) is 0 Å². The minimum atomic E-state index is -0.459. The Morgan fingerprint density at radius 2 is 2.40 bits per heavy atom. The highest BCUT2D eigenvalue weighted by Gasteiger charge is 2.30. The average Bonchev–Trinajstić information content (AvgIpc) is 2.47. The highest BCUT2D eigenvalue weighted by molar-refractivity contribution is 5.86. The standard InChI is InChI=1S/C14H19FN2O3/c1-2-16-14(19)13-9-20-6-5-17(13)12-4-3-11(15)7-10(12)8-18/h3-4,7,13,18H,2,5-6,8-9H2,1H3,(H,16,19). The number of nitrogens with zero attached hydrogens (tertiary/aromatic N) is 1. The van der Waals surface area contributed by atoms with E-state index in [2.05, 4.69) is 5.32 Å². The predicted octanol–water partition coefficient (Wildman–Crippen LogP) is 0.659. The number of rotatable bonds is 4. The van der Waals surface area contributed by atoms with E-state index in [-0.39, 0.29) is 19.1 Å². The van der Waals surface area contributed by atoms with Crippen LogP contribution in [0.4, 0.5) is 10.1 Å². The molecule has 0 bridgehead atoms. The molecule has 1 aromatic rings. The topological polar surface area (TPSA) is 61.8 Å². The summed E-state index contributed by atoms with van der Waals surface area (Å²) in [5.41, 5.74) is 1.15. The maximum absolute atomic E-state index is 13.2. The molecule has 1 heterocycles. The molecule has 0 aromatic heterocycles. The van der Waals surface area contributed by atoms with Crippen LogP contribution in [0.1, 0.15) is 12.5 Å². The van der Waals surface area contributed by atoms with Gasteiger partial charge in [0.2, 0.25) is 5.91 Å². The molecule has 0 saturated carbocycles.